The van der Waals surface area contributed by atoms with Crippen LogP contribution in [0.2, 0.25) is 0 Å². The van der Waals surface area contributed by atoms with Gasteiger partial charge in [0.05, 0.1) is 34.9 Å². The van der Waals surface area contributed by atoms with E-state index in [2.05, 4.69) is 273 Å². The van der Waals surface area contributed by atoms with E-state index in [1.807, 2.05) is 255 Å². The molecule has 24 aromatic rings. The minimum absolute atomic E-state index is 0.637. The molecular weight excluding hydrogens is 1750 g/mol. The normalized spacial score (nSPS) is 10.9. The molecule has 0 aliphatic rings. The molecule has 0 atom stereocenters. The zero-order valence-electron chi connectivity index (χ0n) is 77.9. The number of hydrogen-bond donors (Lipinski definition) is 0. The van der Waals surface area contributed by atoms with Gasteiger partial charge in [-0.2, -0.15) is 15.8 Å². The minimum Gasteiger partial charge on any atom is -0.208 e. The van der Waals surface area contributed by atoms with Gasteiger partial charge in [0.25, 0.3) is 0 Å². The molecule has 24 rings (SSSR count). The van der Waals surface area contributed by atoms with E-state index in [-0.39, 0.29) is 0 Å². The fraction of sp³-hybridized carbons (Fsp3) is 0. The van der Waals surface area contributed by atoms with Crippen LogP contribution in [0.25, 0.3) is 235 Å². The highest BCUT2D eigenvalue weighted by molar-refractivity contribution is 5.97. The molecule has 0 aliphatic heterocycles. The summed E-state index contributed by atoms with van der Waals surface area (Å²) in [4.78, 5) is 43.7. The highest BCUT2D eigenvalue weighted by Crippen LogP contribution is 2.41. The summed E-state index contributed by atoms with van der Waals surface area (Å²) in [6.45, 7) is 0. The summed E-state index contributed by atoms with van der Waals surface area (Å²) in [6, 6.07) is 181. The number of nitriles is 3. The number of rotatable bonds is 18. The molecule has 0 saturated carbocycles. The van der Waals surface area contributed by atoms with Crippen LogP contribution in [-0.4, -0.2) is 44.9 Å². The second-order valence-corrected chi connectivity index (χ2v) is 35.0. The number of nitrogens with zero attached hydrogens (tertiary/aromatic N) is 12. The maximum Gasteiger partial charge on any atom is 0.164 e. The van der Waals surface area contributed by atoms with Gasteiger partial charge in [-0.25, -0.2) is 44.9 Å². The van der Waals surface area contributed by atoms with Crippen molar-refractivity contribution in [2.45, 2.75) is 0 Å². The van der Waals surface area contributed by atoms with Gasteiger partial charge in [-0.1, -0.05) is 425 Å². The van der Waals surface area contributed by atoms with Crippen LogP contribution in [-0.2, 0) is 0 Å². The number of benzene rings is 21. The molecule has 672 valence electrons. The molecule has 12 heteroatoms. The zero-order chi connectivity index (χ0) is 96.9. The van der Waals surface area contributed by atoms with Crippen LogP contribution in [0.1, 0.15) is 16.7 Å². The molecular formula is C132H84N12. The van der Waals surface area contributed by atoms with E-state index in [0.717, 1.165) is 150 Å². The molecule has 0 spiro atoms. The van der Waals surface area contributed by atoms with Crippen LogP contribution in [0, 0.1) is 34.0 Å². The van der Waals surface area contributed by atoms with Crippen molar-refractivity contribution in [1.29, 1.82) is 15.8 Å². The van der Waals surface area contributed by atoms with Crippen molar-refractivity contribution in [3.63, 3.8) is 0 Å². The molecule has 0 aliphatic carbocycles. The van der Waals surface area contributed by atoms with Gasteiger partial charge in [-0.15, -0.1) is 0 Å². The van der Waals surface area contributed by atoms with Gasteiger partial charge < -0.3 is 0 Å². The molecule has 3 heterocycles. The summed E-state index contributed by atoms with van der Waals surface area (Å²) in [5.41, 5.74) is 30.8. The lowest BCUT2D eigenvalue weighted by molar-refractivity contribution is 1.07. The van der Waals surface area contributed by atoms with Gasteiger partial charge in [0.1, 0.15) is 0 Å². The highest BCUT2D eigenvalue weighted by atomic mass is 15.1. The first-order chi connectivity index (χ1) is 71.1. The SMILES string of the molecule is N#Cc1ccc(-c2cccc(-c3ccc4ccc(-c5ccc(-c6nc(-c7ccccc7)nc(-c7ccccc7)n6)cc5)cc4c3)c2)cc1.N#Cc1ccc(-c2cccc(-c3ccc4ccc(-c5ccc(-c6nc(-c7ccccc7)nc(-c7ccccc7)n6)cc5)cc4c3)c2)cc1.N#Cc1ccc(-c2ccccc2-c2ccc3ccc(-c4ccc(-c5nc(-c6ccccc6)nc(-c6ccccc6)n5)cc4)cc3c2)cc1. The summed E-state index contributed by atoms with van der Waals surface area (Å²) in [7, 11) is 0. The fourth-order valence-electron chi connectivity index (χ4n) is 18.0. The first-order valence-electron chi connectivity index (χ1n) is 47.5. The van der Waals surface area contributed by atoms with Gasteiger partial charge in [0.15, 0.2) is 52.4 Å². The maximum absolute atomic E-state index is 9.24. The average Bonchev–Trinajstić information content (AvgIpc) is 0.741. The molecule has 0 N–H and O–H groups in total. The van der Waals surface area contributed by atoms with Crippen molar-refractivity contribution in [2.75, 3.05) is 0 Å². The van der Waals surface area contributed by atoms with Crippen LogP contribution in [0.3, 0.4) is 0 Å². The Morgan fingerprint density at radius 1 is 0.111 bits per heavy atom. The molecule has 144 heavy (non-hydrogen) atoms. The monoisotopic (exact) mass is 1840 g/mol. The third-order valence-corrected chi connectivity index (χ3v) is 25.7. The molecule has 3 aromatic heterocycles. The van der Waals surface area contributed by atoms with Crippen LogP contribution < -0.4 is 0 Å². The average molecular weight is 1840 g/mol. The lowest BCUT2D eigenvalue weighted by Crippen LogP contribution is -2.00. The predicted octanol–water partition coefficient (Wildman–Crippen LogP) is 32.7. The quantitative estimate of drug-likeness (QED) is 0.0792. The molecule has 12 nitrogen and oxygen atoms in total. The van der Waals surface area contributed by atoms with E-state index in [1.54, 1.807) is 0 Å². The summed E-state index contributed by atoms with van der Waals surface area (Å²) in [5.74, 6) is 5.81. The van der Waals surface area contributed by atoms with E-state index >= 15 is 0 Å². The number of fused-ring (bicyclic) bond motifs is 3. The first-order valence-corrected chi connectivity index (χ1v) is 47.5. The largest absolute Gasteiger partial charge is 0.208 e. The van der Waals surface area contributed by atoms with Crippen LogP contribution in [0.5, 0.6) is 0 Å². The highest BCUT2D eigenvalue weighted by Gasteiger charge is 2.20. The summed E-state index contributed by atoms with van der Waals surface area (Å²) >= 11 is 0. The zero-order valence-corrected chi connectivity index (χ0v) is 77.9. The molecule has 0 saturated heterocycles. The molecule has 0 amide bonds. The number of aromatic nitrogens is 9. The fourth-order valence-corrected chi connectivity index (χ4v) is 18.0. The molecule has 0 radical (unpaired) electrons. The van der Waals surface area contributed by atoms with E-state index in [1.165, 1.54) is 32.3 Å². The van der Waals surface area contributed by atoms with E-state index in [4.69, 9.17) is 55.4 Å². The molecule has 21 aromatic carbocycles. The van der Waals surface area contributed by atoms with Crippen molar-refractivity contribution in [3.05, 3.63) is 526 Å². The lowest BCUT2D eigenvalue weighted by atomic mass is 9.92. The molecule has 0 unspecified atom stereocenters. The van der Waals surface area contributed by atoms with Crippen molar-refractivity contribution in [3.8, 4) is 221 Å². The van der Waals surface area contributed by atoms with Gasteiger partial charge in [0, 0.05) is 50.1 Å². The third kappa shape index (κ3) is 19.9. The smallest absolute Gasteiger partial charge is 0.164 e. The third-order valence-electron chi connectivity index (χ3n) is 25.7. The summed E-state index contributed by atoms with van der Waals surface area (Å²) in [5, 5.41) is 34.7. The Hall–Kier alpha value is -20.1. The Morgan fingerprint density at radius 3 is 0.500 bits per heavy atom. The molecule has 0 bridgehead atoms. The van der Waals surface area contributed by atoms with Gasteiger partial charge in [-0.3, -0.25) is 0 Å². The van der Waals surface area contributed by atoms with Crippen molar-refractivity contribution in [1.82, 2.24) is 44.9 Å². The van der Waals surface area contributed by atoms with Crippen LogP contribution in [0.4, 0.5) is 0 Å². The Balaban J connectivity index is 0.000000123. The summed E-state index contributed by atoms with van der Waals surface area (Å²) in [6.07, 6.45) is 0. The first kappa shape index (κ1) is 89.1. The van der Waals surface area contributed by atoms with Crippen LogP contribution in [0.15, 0.2) is 510 Å². The van der Waals surface area contributed by atoms with Gasteiger partial charge in [0.2, 0.25) is 0 Å². The second kappa shape index (κ2) is 41.1. The van der Waals surface area contributed by atoms with Crippen molar-refractivity contribution < 1.29 is 0 Å². The van der Waals surface area contributed by atoms with Crippen LogP contribution >= 0.6 is 0 Å². The predicted molar refractivity (Wildman–Crippen MR) is 584 cm³/mol. The van der Waals surface area contributed by atoms with Gasteiger partial charge in [-0.05, 0) is 217 Å². The maximum atomic E-state index is 9.24. The van der Waals surface area contributed by atoms with E-state index < -0.39 is 0 Å². The van der Waals surface area contributed by atoms with Gasteiger partial charge >= 0.3 is 0 Å². The van der Waals surface area contributed by atoms with Crippen molar-refractivity contribution >= 4 is 32.3 Å². The Kier molecular flexibility index (Phi) is 25.4. The minimum atomic E-state index is 0.637. The van der Waals surface area contributed by atoms with Crippen molar-refractivity contribution in [2.24, 2.45) is 0 Å². The Morgan fingerprint density at radius 2 is 0.264 bits per heavy atom. The Bertz CT molecular complexity index is 8430. The molecule has 0 fully saturated rings. The van der Waals surface area contributed by atoms with E-state index in [9.17, 15) is 5.26 Å². The van der Waals surface area contributed by atoms with E-state index in [0.29, 0.717) is 69.1 Å². The standard InChI is InChI=1S/3C44H28N4/c45-29-30-15-17-33(18-16-30)40-13-7-8-14-41(40)38-26-22-32-21-25-37(27-39(32)28-38)31-19-23-36(24-20-31)44-47-42(34-9-3-1-4-10-34)46-43(48-44)35-11-5-2-6-12-35;2*45-29-30-14-16-31(17-15-30)37-12-7-13-38(26-37)40-25-21-33-20-24-39(27-41(33)28-40)32-18-22-36(23-19-32)44-47-42(34-8-3-1-4-9-34)46-43(48-44)35-10-5-2-6-11-35/h3*1-28H. The number of hydrogen-bond acceptors (Lipinski definition) is 12. The second-order valence-electron chi connectivity index (χ2n) is 35.0. The lowest BCUT2D eigenvalue weighted by Gasteiger charge is -2.12. The summed E-state index contributed by atoms with van der Waals surface area (Å²) < 4.78 is 0. The Labute approximate surface area is 834 Å². The topological polar surface area (TPSA) is 187 Å².